The average Bonchev–Trinajstić information content (AvgIpc) is 3.06. The molecule has 2 fully saturated rings. The summed E-state index contributed by atoms with van der Waals surface area (Å²) in [6.07, 6.45) is -0.495. The van der Waals surface area contributed by atoms with Crippen LogP contribution in [0.15, 0.2) is 41.4 Å². The van der Waals surface area contributed by atoms with Crippen molar-refractivity contribution in [3.05, 3.63) is 47.5 Å². The highest BCUT2D eigenvalue weighted by Crippen LogP contribution is 2.26. The van der Waals surface area contributed by atoms with E-state index in [0.29, 0.717) is 6.54 Å². The minimum absolute atomic E-state index is 0.291. The summed E-state index contributed by atoms with van der Waals surface area (Å²) in [6.45, 7) is 13.1. The van der Waals surface area contributed by atoms with Crippen molar-refractivity contribution in [3.8, 4) is 0 Å². The van der Waals surface area contributed by atoms with Gasteiger partial charge in [-0.3, -0.25) is 15.0 Å². The standard InChI is InChI=1S/C22H30N6O2/c1-15(2)13-28-18-19(25(4)22(30)24-20(18)29)23-21(28)27-10-8-26(9-11-27)14-17-7-5-6-16(3)12-17/h5-7,12,18-19H,1,8-11,13-14H2,2-4H3,(H,24,29,30). The van der Waals surface area contributed by atoms with E-state index in [-0.39, 0.29) is 5.91 Å². The van der Waals surface area contributed by atoms with E-state index in [1.807, 2.05) is 11.8 Å². The Kier molecular flexibility index (Phi) is 5.51. The fourth-order valence-corrected chi connectivity index (χ4v) is 4.41. The maximum absolute atomic E-state index is 12.6. The molecule has 8 heteroatoms. The molecule has 0 saturated carbocycles. The second-order valence-electron chi connectivity index (χ2n) is 8.53. The van der Waals surface area contributed by atoms with E-state index < -0.39 is 18.2 Å². The lowest BCUT2D eigenvalue weighted by molar-refractivity contribution is -0.127. The van der Waals surface area contributed by atoms with Gasteiger partial charge in [0.25, 0.3) is 5.91 Å². The molecule has 3 aliphatic heterocycles. The number of piperazine rings is 1. The first-order valence-electron chi connectivity index (χ1n) is 10.4. The molecule has 30 heavy (non-hydrogen) atoms. The van der Waals surface area contributed by atoms with Gasteiger partial charge in [0.2, 0.25) is 0 Å². The van der Waals surface area contributed by atoms with Crippen molar-refractivity contribution >= 4 is 17.9 Å². The quantitative estimate of drug-likeness (QED) is 0.757. The van der Waals surface area contributed by atoms with Crippen LogP contribution in [0.1, 0.15) is 18.1 Å². The molecule has 0 aromatic heterocycles. The van der Waals surface area contributed by atoms with Gasteiger partial charge in [-0.15, -0.1) is 0 Å². The molecule has 2 unspecified atom stereocenters. The second kappa shape index (κ2) is 8.10. The minimum Gasteiger partial charge on any atom is -0.340 e. The molecule has 0 spiro atoms. The summed E-state index contributed by atoms with van der Waals surface area (Å²) in [6, 6.07) is 7.72. The third kappa shape index (κ3) is 3.92. The fourth-order valence-electron chi connectivity index (χ4n) is 4.41. The Labute approximate surface area is 177 Å². The number of guanidine groups is 1. The largest absolute Gasteiger partial charge is 0.340 e. The summed E-state index contributed by atoms with van der Waals surface area (Å²) in [7, 11) is 1.69. The lowest BCUT2D eigenvalue weighted by Gasteiger charge is -2.40. The zero-order chi connectivity index (χ0) is 21.4. The van der Waals surface area contributed by atoms with Crippen LogP contribution in [0.4, 0.5) is 4.79 Å². The number of benzene rings is 1. The molecule has 0 bridgehead atoms. The third-order valence-electron chi connectivity index (χ3n) is 5.92. The number of nitrogens with one attached hydrogen (secondary N) is 1. The number of rotatable bonds is 4. The van der Waals surface area contributed by atoms with Crippen LogP contribution in [0.25, 0.3) is 0 Å². The molecule has 1 N–H and O–H groups in total. The molecular formula is C22H30N6O2. The first-order valence-corrected chi connectivity index (χ1v) is 10.4. The number of amides is 3. The molecule has 3 aliphatic rings. The number of carbonyl (C=O) groups is 2. The van der Waals surface area contributed by atoms with E-state index in [9.17, 15) is 9.59 Å². The number of urea groups is 1. The van der Waals surface area contributed by atoms with Gasteiger partial charge in [0.1, 0.15) is 0 Å². The maximum Gasteiger partial charge on any atom is 0.325 e. The van der Waals surface area contributed by atoms with Crippen LogP contribution in [0.3, 0.4) is 0 Å². The molecule has 4 rings (SSSR count). The Hall–Kier alpha value is -2.87. The lowest BCUT2D eigenvalue weighted by atomic mass is 10.1. The van der Waals surface area contributed by atoms with Gasteiger partial charge in [-0.25, -0.2) is 9.79 Å². The molecule has 1 aromatic rings. The van der Waals surface area contributed by atoms with Crippen LogP contribution < -0.4 is 5.32 Å². The first-order chi connectivity index (χ1) is 14.3. The number of nitrogens with zero attached hydrogens (tertiary/aromatic N) is 5. The van der Waals surface area contributed by atoms with E-state index in [2.05, 4.69) is 52.9 Å². The molecule has 2 saturated heterocycles. The van der Waals surface area contributed by atoms with E-state index in [1.165, 1.54) is 16.0 Å². The minimum atomic E-state index is -0.510. The zero-order valence-electron chi connectivity index (χ0n) is 18.0. The smallest absolute Gasteiger partial charge is 0.325 e. The maximum atomic E-state index is 12.6. The summed E-state index contributed by atoms with van der Waals surface area (Å²) in [5.74, 6) is 0.501. The van der Waals surface area contributed by atoms with E-state index in [1.54, 1.807) is 7.05 Å². The number of carbonyl (C=O) groups excluding carboxylic acids is 2. The Bertz CT molecular complexity index is 889. The first kappa shape index (κ1) is 20.4. The van der Waals surface area contributed by atoms with Gasteiger partial charge >= 0.3 is 6.03 Å². The predicted molar refractivity (Wildman–Crippen MR) is 116 cm³/mol. The van der Waals surface area contributed by atoms with E-state index in [4.69, 9.17) is 4.99 Å². The van der Waals surface area contributed by atoms with Crippen LogP contribution in [0.5, 0.6) is 0 Å². The summed E-state index contributed by atoms with van der Waals surface area (Å²) in [4.78, 5) is 37.7. The highest BCUT2D eigenvalue weighted by molar-refractivity contribution is 6.03. The van der Waals surface area contributed by atoms with Gasteiger partial charge in [-0.2, -0.15) is 0 Å². The Morgan fingerprint density at radius 3 is 2.63 bits per heavy atom. The highest BCUT2D eigenvalue weighted by atomic mass is 16.2. The number of aryl methyl sites for hydroxylation is 1. The lowest BCUT2D eigenvalue weighted by Crippen LogP contribution is -2.64. The van der Waals surface area contributed by atoms with Gasteiger partial charge < -0.3 is 14.7 Å². The monoisotopic (exact) mass is 410 g/mol. The Morgan fingerprint density at radius 1 is 1.23 bits per heavy atom. The third-order valence-corrected chi connectivity index (χ3v) is 5.92. The van der Waals surface area contributed by atoms with Crippen molar-refractivity contribution in [2.24, 2.45) is 4.99 Å². The summed E-state index contributed by atoms with van der Waals surface area (Å²) in [5, 5.41) is 2.44. The summed E-state index contributed by atoms with van der Waals surface area (Å²) in [5.41, 5.74) is 3.56. The topological polar surface area (TPSA) is 71.5 Å². The molecular weight excluding hydrogens is 380 g/mol. The SMILES string of the molecule is C=C(C)CN1C(N2CCN(Cc3cccc(C)c3)CC2)=NC2C1C(=O)NC(=O)N2C. The van der Waals surface area contributed by atoms with Gasteiger partial charge in [0.15, 0.2) is 18.2 Å². The Morgan fingerprint density at radius 2 is 1.97 bits per heavy atom. The molecule has 2 atom stereocenters. The molecule has 0 aliphatic carbocycles. The number of hydrogen-bond acceptors (Lipinski definition) is 6. The van der Waals surface area contributed by atoms with Crippen molar-refractivity contribution in [2.45, 2.75) is 32.6 Å². The number of hydrogen-bond donors (Lipinski definition) is 1. The van der Waals surface area contributed by atoms with Gasteiger partial charge in [-0.1, -0.05) is 42.0 Å². The van der Waals surface area contributed by atoms with Crippen molar-refractivity contribution in [1.29, 1.82) is 0 Å². The molecule has 1 aromatic carbocycles. The van der Waals surface area contributed by atoms with Crippen molar-refractivity contribution in [3.63, 3.8) is 0 Å². The van der Waals surface area contributed by atoms with Gasteiger partial charge in [0.05, 0.1) is 0 Å². The normalized spacial score (nSPS) is 24.6. The van der Waals surface area contributed by atoms with Crippen LogP contribution in [0, 0.1) is 6.92 Å². The number of likely N-dealkylation sites (N-methyl/N-ethyl adjacent to an activating group) is 1. The summed E-state index contributed by atoms with van der Waals surface area (Å²) >= 11 is 0. The van der Waals surface area contributed by atoms with Crippen LogP contribution in [-0.2, 0) is 11.3 Å². The molecule has 160 valence electrons. The average molecular weight is 411 g/mol. The zero-order valence-corrected chi connectivity index (χ0v) is 18.0. The van der Waals surface area contributed by atoms with Gasteiger partial charge in [-0.05, 0) is 19.4 Å². The van der Waals surface area contributed by atoms with Crippen LogP contribution >= 0.6 is 0 Å². The second-order valence-corrected chi connectivity index (χ2v) is 8.53. The van der Waals surface area contributed by atoms with Gasteiger partial charge in [0, 0.05) is 46.3 Å². The van der Waals surface area contributed by atoms with Crippen molar-refractivity contribution < 1.29 is 9.59 Å². The van der Waals surface area contributed by atoms with Crippen LogP contribution in [-0.4, -0.2) is 89.5 Å². The number of aliphatic imine (C=N–C) groups is 1. The van der Waals surface area contributed by atoms with Crippen LogP contribution in [0.2, 0.25) is 0 Å². The fraction of sp³-hybridized carbons (Fsp3) is 0.500. The van der Waals surface area contributed by atoms with E-state index in [0.717, 1.165) is 44.3 Å². The van der Waals surface area contributed by atoms with Crippen molar-refractivity contribution in [2.75, 3.05) is 39.8 Å². The predicted octanol–water partition coefficient (Wildman–Crippen LogP) is 1.24. The van der Waals surface area contributed by atoms with E-state index >= 15 is 0 Å². The highest BCUT2D eigenvalue weighted by Gasteiger charge is 2.49. The number of fused-ring (bicyclic) bond motifs is 1. The Balaban J connectivity index is 1.47. The molecule has 8 nitrogen and oxygen atoms in total. The molecule has 3 amide bonds. The van der Waals surface area contributed by atoms with Crippen molar-refractivity contribution in [1.82, 2.24) is 24.9 Å². The number of imide groups is 1. The molecule has 0 radical (unpaired) electrons. The molecule has 3 heterocycles. The summed E-state index contributed by atoms with van der Waals surface area (Å²) < 4.78 is 0.